The Morgan fingerprint density at radius 2 is 1.96 bits per heavy atom. The predicted octanol–water partition coefficient (Wildman–Crippen LogP) is 2.10. The van der Waals surface area contributed by atoms with Crippen molar-refractivity contribution in [3.8, 4) is 0 Å². The Hall–Kier alpha value is -2.38. The average molecular weight is 401 g/mol. The SMILES string of the molecule is CN=C(NCCc1cccs1)NCC(C(=O)N1CCOCC1)c1ccccc1. The van der Waals surface area contributed by atoms with E-state index in [2.05, 4.69) is 33.1 Å². The second-order valence-electron chi connectivity index (χ2n) is 6.61. The number of benzene rings is 1. The fourth-order valence-corrected chi connectivity index (χ4v) is 3.92. The third-order valence-electron chi connectivity index (χ3n) is 4.76. The lowest BCUT2D eigenvalue weighted by Gasteiger charge is -2.31. The van der Waals surface area contributed by atoms with Crippen molar-refractivity contribution in [1.29, 1.82) is 0 Å². The second kappa shape index (κ2) is 10.8. The molecular formula is C21H28N4O2S. The molecule has 1 saturated heterocycles. The van der Waals surface area contributed by atoms with Crippen LogP contribution < -0.4 is 10.6 Å². The highest BCUT2D eigenvalue weighted by atomic mass is 32.1. The lowest BCUT2D eigenvalue weighted by Crippen LogP contribution is -2.47. The Morgan fingerprint density at radius 1 is 1.18 bits per heavy atom. The van der Waals surface area contributed by atoms with E-state index < -0.39 is 0 Å². The first-order chi connectivity index (χ1) is 13.8. The zero-order valence-corrected chi connectivity index (χ0v) is 17.1. The molecule has 1 amide bonds. The highest BCUT2D eigenvalue weighted by molar-refractivity contribution is 7.09. The van der Waals surface area contributed by atoms with Crippen LogP contribution >= 0.6 is 11.3 Å². The largest absolute Gasteiger partial charge is 0.378 e. The summed E-state index contributed by atoms with van der Waals surface area (Å²) in [6, 6.07) is 14.1. The topological polar surface area (TPSA) is 66.0 Å². The smallest absolute Gasteiger partial charge is 0.232 e. The van der Waals surface area contributed by atoms with Gasteiger partial charge in [0.05, 0.1) is 19.1 Å². The average Bonchev–Trinajstić information content (AvgIpc) is 3.27. The van der Waals surface area contributed by atoms with Crippen molar-refractivity contribution in [2.75, 3.05) is 46.4 Å². The van der Waals surface area contributed by atoms with Crippen LogP contribution in [0.25, 0.3) is 0 Å². The van der Waals surface area contributed by atoms with E-state index >= 15 is 0 Å². The highest BCUT2D eigenvalue weighted by Gasteiger charge is 2.27. The Balaban J connectivity index is 1.59. The summed E-state index contributed by atoms with van der Waals surface area (Å²) in [5, 5.41) is 8.75. The molecule has 0 aliphatic carbocycles. The first-order valence-corrected chi connectivity index (χ1v) is 10.5. The van der Waals surface area contributed by atoms with E-state index in [9.17, 15) is 4.79 Å². The summed E-state index contributed by atoms with van der Waals surface area (Å²) in [5.74, 6) is 0.596. The monoisotopic (exact) mass is 400 g/mol. The Kier molecular flexibility index (Phi) is 7.87. The van der Waals surface area contributed by atoms with E-state index in [-0.39, 0.29) is 11.8 Å². The molecule has 1 fully saturated rings. The number of hydrogen-bond donors (Lipinski definition) is 2. The number of ether oxygens (including phenoxy) is 1. The Morgan fingerprint density at radius 3 is 2.64 bits per heavy atom. The minimum atomic E-state index is -0.254. The first kappa shape index (κ1) is 20.4. The number of thiophene rings is 1. The number of nitrogens with one attached hydrogen (secondary N) is 2. The lowest BCUT2D eigenvalue weighted by molar-refractivity contribution is -0.136. The van der Waals surface area contributed by atoms with Gasteiger partial charge in [0.1, 0.15) is 0 Å². The molecule has 3 rings (SSSR count). The Labute approximate surface area is 170 Å². The van der Waals surface area contributed by atoms with Crippen molar-refractivity contribution >= 4 is 23.2 Å². The van der Waals surface area contributed by atoms with Crippen LogP contribution in [-0.4, -0.2) is 63.2 Å². The molecule has 1 aliphatic heterocycles. The van der Waals surface area contributed by atoms with Crippen LogP contribution in [-0.2, 0) is 16.0 Å². The molecule has 28 heavy (non-hydrogen) atoms. The van der Waals surface area contributed by atoms with Crippen LogP contribution in [0.3, 0.4) is 0 Å². The standard InChI is InChI=1S/C21H28N4O2S/c1-22-21(23-10-9-18-8-5-15-28-18)24-16-19(17-6-3-2-4-7-17)20(26)25-11-13-27-14-12-25/h2-8,15,19H,9-14,16H2,1H3,(H2,22,23,24). The summed E-state index contributed by atoms with van der Waals surface area (Å²) in [5.41, 5.74) is 1.01. The fourth-order valence-electron chi connectivity index (χ4n) is 3.22. The minimum Gasteiger partial charge on any atom is -0.378 e. The number of amides is 1. The van der Waals surface area contributed by atoms with Gasteiger partial charge in [0, 0.05) is 38.1 Å². The molecular weight excluding hydrogens is 372 g/mol. The molecule has 0 bridgehead atoms. The summed E-state index contributed by atoms with van der Waals surface area (Å²) in [7, 11) is 1.75. The van der Waals surface area contributed by atoms with Crippen LogP contribution in [0.4, 0.5) is 0 Å². The quantitative estimate of drug-likeness (QED) is 0.552. The molecule has 1 aromatic heterocycles. The van der Waals surface area contributed by atoms with Crippen molar-refractivity contribution in [2.45, 2.75) is 12.3 Å². The van der Waals surface area contributed by atoms with Gasteiger partial charge in [-0.25, -0.2) is 0 Å². The van der Waals surface area contributed by atoms with Gasteiger partial charge >= 0.3 is 0 Å². The summed E-state index contributed by atoms with van der Waals surface area (Å²) in [4.78, 5) is 20.7. The molecule has 2 heterocycles. The van der Waals surface area contributed by atoms with Crippen molar-refractivity contribution < 1.29 is 9.53 Å². The van der Waals surface area contributed by atoms with Gasteiger partial charge in [-0.3, -0.25) is 9.79 Å². The van der Waals surface area contributed by atoms with Crippen molar-refractivity contribution in [3.05, 3.63) is 58.3 Å². The molecule has 1 unspecified atom stereocenters. The van der Waals surface area contributed by atoms with Crippen LogP contribution in [0.15, 0.2) is 52.8 Å². The summed E-state index contributed by atoms with van der Waals surface area (Å²) in [6.07, 6.45) is 0.952. The minimum absolute atomic E-state index is 0.135. The van der Waals surface area contributed by atoms with Crippen LogP contribution in [0.1, 0.15) is 16.4 Å². The number of morpholine rings is 1. The maximum absolute atomic E-state index is 13.1. The third-order valence-corrected chi connectivity index (χ3v) is 5.70. The normalized spacial score (nSPS) is 15.9. The van der Waals surface area contributed by atoms with Gasteiger partial charge in [-0.1, -0.05) is 36.4 Å². The third kappa shape index (κ3) is 5.81. The highest BCUT2D eigenvalue weighted by Crippen LogP contribution is 2.19. The van der Waals surface area contributed by atoms with E-state index in [0.29, 0.717) is 38.8 Å². The molecule has 0 saturated carbocycles. The number of carbonyl (C=O) groups excluding carboxylic acids is 1. The fraction of sp³-hybridized carbons (Fsp3) is 0.429. The van der Waals surface area contributed by atoms with E-state index in [1.165, 1.54) is 4.88 Å². The number of hydrogen-bond acceptors (Lipinski definition) is 4. The molecule has 150 valence electrons. The van der Waals surface area contributed by atoms with Gasteiger partial charge in [0.15, 0.2) is 5.96 Å². The van der Waals surface area contributed by atoms with Gasteiger partial charge < -0.3 is 20.3 Å². The van der Waals surface area contributed by atoms with Gasteiger partial charge in [-0.2, -0.15) is 0 Å². The molecule has 7 heteroatoms. The van der Waals surface area contributed by atoms with Gasteiger partial charge in [-0.05, 0) is 23.4 Å². The number of guanidine groups is 1. The van der Waals surface area contributed by atoms with Crippen molar-refractivity contribution in [1.82, 2.24) is 15.5 Å². The molecule has 2 N–H and O–H groups in total. The molecule has 1 aliphatic rings. The number of carbonyl (C=O) groups is 1. The lowest BCUT2D eigenvalue weighted by atomic mass is 9.97. The number of nitrogens with zero attached hydrogens (tertiary/aromatic N) is 2. The zero-order chi connectivity index (χ0) is 19.6. The summed E-state index contributed by atoms with van der Waals surface area (Å²) >= 11 is 1.76. The maximum Gasteiger partial charge on any atom is 0.232 e. The van der Waals surface area contributed by atoms with E-state index in [4.69, 9.17) is 4.74 Å². The van der Waals surface area contributed by atoms with Gasteiger partial charge in [0.2, 0.25) is 5.91 Å². The summed E-state index contributed by atoms with van der Waals surface area (Å²) < 4.78 is 5.39. The second-order valence-corrected chi connectivity index (χ2v) is 7.64. The number of aliphatic imine (C=N–C) groups is 1. The number of rotatable bonds is 7. The molecule has 1 aromatic carbocycles. The van der Waals surface area contributed by atoms with Crippen molar-refractivity contribution in [2.24, 2.45) is 4.99 Å². The molecule has 0 radical (unpaired) electrons. The van der Waals surface area contributed by atoms with Gasteiger partial charge in [0.25, 0.3) is 0 Å². The summed E-state index contributed by atoms with van der Waals surface area (Å²) in [6.45, 7) is 3.80. The molecule has 0 spiro atoms. The van der Waals surface area contributed by atoms with Crippen LogP contribution in [0.2, 0.25) is 0 Å². The predicted molar refractivity (Wildman–Crippen MR) is 114 cm³/mol. The molecule has 2 aromatic rings. The van der Waals surface area contributed by atoms with E-state index in [1.807, 2.05) is 35.2 Å². The van der Waals surface area contributed by atoms with Crippen molar-refractivity contribution in [3.63, 3.8) is 0 Å². The van der Waals surface area contributed by atoms with E-state index in [0.717, 1.165) is 18.5 Å². The van der Waals surface area contributed by atoms with Crippen LogP contribution in [0, 0.1) is 0 Å². The van der Waals surface area contributed by atoms with Gasteiger partial charge in [-0.15, -0.1) is 11.3 Å². The van der Waals surface area contributed by atoms with E-state index in [1.54, 1.807) is 18.4 Å². The Bertz CT molecular complexity index is 743. The maximum atomic E-state index is 13.1. The molecule has 6 nitrogen and oxygen atoms in total. The van der Waals surface area contributed by atoms with Crippen LogP contribution in [0.5, 0.6) is 0 Å². The zero-order valence-electron chi connectivity index (χ0n) is 16.3. The first-order valence-electron chi connectivity index (χ1n) is 9.66. The molecule has 1 atom stereocenters.